The Bertz CT molecular complexity index is 665. The summed E-state index contributed by atoms with van der Waals surface area (Å²) in [6, 6.07) is 4.80. The number of ketones is 1. The number of aldehydes is 2. The number of rotatable bonds is 8. The molecular formula is C17H18ClNO4. The van der Waals surface area contributed by atoms with Gasteiger partial charge in [0.15, 0.2) is 5.78 Å². The van der Waals surface area contributed by atoms with Gasteiger partial charge in [-0.15, -0.1) is 0 Å². The number of hydrogen-bond acceptors (Lipinski definition) is 5. The predicted molar refractivity (Wildman–Crippen MR) is 89.3 cm³/mol. The summed E-state index contributed by atoms with van der Waals surface area (Å²) in [5.41, 5.74) is 1.32. The first-order valence-electron chi connectivity index (χ1n) is 6.81. The van der Waals surface area contributed by atoms with Crippen LogP contribution in [0.25, 0.3) is 5.57 Å². The van der Waals surface area contributed by atoms with Crippen molar-refractivity contribution in [2.24, 2.45) is 0 Å². The van der Waals surface area contributed by atoms with Gasteiger partial charge in [0.1, 0.15) is 18.3 Å². The number of halogens is 1. The lowest BCUT2D eigenvalue weighted by Crippen LogP contribution is -2.15. The fourth-order valence-corrected chi connectivity index (χ4v) is 2.19. The number of ether oxygens (including phenoxy) is 1. The summed E-state index contributed by atoms with van der Waals surface area (Å²) in [6.45, 7) is 1.59. The van der Waals surface area contributed by atoms with Crippen molar-refractivity contribution in [1.29, 1.82) is 0 Å². The maximum absolute atomic E-state index is 11.8. The van der Waals surface area contributed by atoms with Crippen LogP contribution in [0.4, 0.5) is 0 Å². The zero-order chi connectivity index (χ0) is 17.4. The van der Waals surface area contributed by atoms with E-state index in [-0.39, 0.29) is 12.3 Å². The van der Waals surface area contributed by atoms with Gasteiger partial charge in [0.2, 0.25) is 0 Å². The molecule has 0 amide bonds. The van der Waals surface area contributed by atoms with Gasteiger partial charge in [0.05, 0.1) is 13.7 Å². The first-order valence-corrected chi connectivity index (χ1v) is 7.18. The molecule has 0 radical (unpaired) electrons. The van der Waals surface area contributed by atoms with Gasteiger partial charge in [-0.05, 0) is 36.8 Å². The van der Waals surface area contributed by atoms with E-state index < -0.39 is 0 Å². The smallest absolute Gasteiger partial charge is 0.160 e. The van der Waals surface area contributed by atoms with Crippen molar-refractivity contribution < 1.29 is 19.1 Å². The minimum atomic E-state index is -0.162. The normalized spacial score (nSPS) is 11.8. The van der Waals surface area contributed by atoms with E-state index in [2.05, 4.69) is 0 Å². The van der Waals surface area contributed by atoms with Gasteiger partial charge < -0.3 is 14.4 Å². The van der Waals surface area contributed by atoms with Gasteiger partial charge in [-0.3, -0.25) is 9.59 Å². The predicted octanol–water partition coefficient (Wildman–Crippen LogP) is 2.74. The Morgan fingerprint density at radius 2 is 2.00 bits per heavy atom. The lowest BCUT2D eigenvalue weighted by Gasteiger charge is -2.17. The van der Waals surface area contributed by atoms with Crippen LogP contribution in [-0.4, -0.2) is 44.0 Å². The van der Waals surface area contributed by atoms with Gasteiger partial charge in [0, 0.05) is 29.4 Å². The number of carbonyl (C=O) groups is 3. The van der Waals surface area contributed by atoms with E-state index in [1.807, 2.05) is 0 Å². The molecule has 0 saturated heterocycles. The highest BCUT2D eigenvalue weighted by molar-refractivity contribution is 6.31. The molecule has 0 atom stereocenters. The molecule has 0 heterocycles. The first-order chi connectivity index (χ1) is 10.9. The van der Waals surface area contributed by atoms with Gasteiger partial charge in [0.25, 0.3) is 0 Å². The van der Waals surface area contributed by atoms with E-state index in [1.165, 1.54) is 20.1 Å². The van der Waals surface area contributed by atoms with Crippen LogP contribution >= 0.6 is 11.6 Å². The van der Waals surface area contributed by atoms with Crippen molar-refractivity contribution in [2.45, 2.75) is 6.92 Å². The topological polar surface area (TPSA) is 63.7 Å². The SMILES string of the molecule is COC(=C/N(C)CC=O)/C(=C\C=O)c1cc(Cl)ccc1C(C)=O. The van der Waals surface area contributed by atoms with Crippen molar-refractivity contribution >= 4 is 35.5 Å². The molecule has 1 aromatic rings. The number of methoxy groups -OCH3 is 1. The standard InChI is InChI=1S/C17H18ClNO4/c1-12(22)14-5-4-13(18)10-16(14)15(6-8-20)17(23-3)11-19(2)7-9-21/h4-6,8-11H,7H2,1-3H3/b15-6-,17-11+. The van der Waals surface area contributed by atoms with E-state index in [9.17, 15) is 14.4 Å². The van der Waals surface area contributed by atoms with Crippen LogP contribution in [0, 0.1) is 0 Å². The van der Waals surface area contributed by atoms with E-state index in [1.54, 1.807) is 36.3 Å². The largest absolute Gasteiger partial charge is 0.495 e. The van der Waals surface area contributed by atoms with Crippen LogP contribution in [0.15, 0.2) is 36.2 Å². The minimum Gasteiger partial charge on any atom is -0.495 e. The minimum absolute atomic E-state index is 0.162. The van der Waals surface area contributed by atoms with Gasteiger partial charge in [-0.1, -0.05) is 11.6 Å². The maximum atomic E-state index is 11.8. The number of nitrogens with zero attached hydrogens (tertiary/aromatic N) is 1. The van der Waals surface area contributed by atoms with Crippen molar-refractivity contribution in [3.8, 4) is 0 Å². The lowest BCUT2D eigenvalue weighted by atomic mass is 9.96. The molecule has 0 aliphatic heterocycles. The summed E-state index contributed by atoms with van der Waals surface area (Å²) < 4.78 is 5.33. The van der Waals surface area contributed by atoms with Crippen LogP contribution in [0.2, 0.25) is 5.02 Å². The molecule has 0 spiro atoms. The molecule has 0 bridgehead atoms. The molecule has 6 heteroatoms. The fourth-order valence-electron chi connectivity index (χ4n) is 2.02. The van der Waals surface area contributed by atoms with E-state index >= 15 is 0 Å². The third-order valence-corrected chi connectivity index (χ3v) is 3.31. The summed E-state index contributed by atoms with van der Waals surface area (Å²) in [7, 11) is 3.13. The van der Waals surface area contributed by atoms with Crippen LogP contribution in [0.1, 0.15) is 22.8 Å². The summed E-state index contributed by atoms with van der Waals surface area (Å²) in [5.74, 6) is 0.177. The summed E-state index contributed by atoms with van der Waals surface area (Å²) in [6.07, 6.45) is 4.22. The second-order valence-electron chi connectivity index (χ2n) is 4.77. The van der Waals surface area contributed by atoms with Crippen LogP contribution in [-0.2, 0) is 14.3 Å². The van der Waals surface area contributed by atoms with Crippen molar-refractivity contribution in [1.82, 2.24) is 4.90 Å². The summed E-state index contributed by atoms with van der Waals surface area (Å²) in [5, 5.41) is 0.429. The highest BCUT2D eigenvalue weighted by Crippen LogP contribution is 2.29. The van der Waals surface area contributed by atoms with Crippen molar-refractivity contribution in [2.75, 3.05) is 20.7 Å². The molecular weight excluding hydrogens is 318 g/mol. The first kappa shape index (κ1) is 18.6. The average Bonchev–Trinajstić information content (AvgIpc) is 2.50. The monoisotopic (exact) mass is 335 g/mol. The second kappa shape index (κ2) is 8.90. The zero-order valence-corrected chi connectivity index (χ0v) is 14.0. The molecule has 23 heavy (non-hydrogen) atoms. The van der Waals surface area contributed by atoms with Crippen molar-refractivity contribution in [3.63, 3.8) is 0 Å². The van der Waals surface area contributed by atoms with E-state index in [0.717, 1.165) is 6.29 Å². The summed E-state index contributed by atoms with van der Waals surface area (Å²) >= 11 is 6.03. The third kappa shape index (κ3) is 5.07. The van der Waals surface area contributed by atoms with Crippen LogP contribution in [0.3, 0.4) is 0 Å². The third-order valence-electron chi connectivity index (χ3n) is 3.07. The molecule has 0 unspecified atom stereocenters. The molecule has 0 fully saturated rings. The summed E-state index contributed by atoms with van der Waals surface area (Å²) in [4.78, 5) is 35.1. The highest BCUT2D eigenvalue weighted by atomic mass is 35.5. The molecule has 5 nitrogen and oxygen atoms in total. The van der Waals surface area contributed by atoms with E-state index in [4.69, 9.17) is 16.3 Å². The van der Waals surface area contributed by atoms with Crippen LogP contribution < -0.4 is 0 Å². The number of likely N-dealkylation sites (N-methyl/N-ethyl adjacent to an activating group) is 1. The number of allylic oxidation sites excluding steroid dienone is 2. The van der Waals surface area contributed by atoms with Crippen molar-refractivity contribution in [3.05, 3.63) is 52.4 Å². The van der Waals surface area contributed by atoms with Gasteiger partial charge in [-0.25, -0.2) is 0 Å². The Morgan fingerprint density at radius 1 is 1.30 bits per heavy atom. The van der Waals surface area contributed by atoms with Gasteiger partial charge in [-0.2, -0.15) is 0 Å². The Hall–Kier alpha value is -2.40. The molecule has 1 aromatic carbocycles. The Morgan fingerprint density at radius 3 is 2.52 bits per heavy atom. The lowest BCUT2D eigenvalue weighted by molar-refractivity contribution is -0.108. The molecule has 0 N–H and O–H groups in total. The molecule has 1 rings (SSSR count). The quantitative estimate of drug-likeness (QED) is 0.240. The maximum Gasteiger partial charge on any atom is 0.160 e. The number of hydrogen-bond donors (Lipinski definition) is 0. The zero-order valence-electron chi connectivity index (χ0n) is 13.2. The van der Waals surface area contributed by atoms with E-state index in [0.29, 0.717) is 33.8 Å². The second-order valence-corrected chi connectivity index (χ2v) is 5.20. The molecule has 0 aliphatic carbocycles. The number of Topliss-reactive ketones (excluding diaryl/α,β-unsaturated/α-hetero) is 1. The molecule has 0 saturated carbocycles. The number of carbonyl (C=O) groups excluding carboxylic acids is 3. The molecule has 0 aliphatic rings. The van der Waals surface area contributed by atoms with Crippen LogP contribution in [0.5, 0.6) is 0 Å². The molecule has 122 valence electrons. The molecule has 0 aromatic heterocycles. The highest BCUT2D eigenvalue weighted by Gasteiger charge is 2.16. The Labute approximate surface area is 140 Å². The van der Waals surface area contributed by atoms with Gasteiger partial charge >= 0.3 is 0 Å². The average molecular weight is 336 g/mol. The fraction of sp³-hybridized carbons (Fsp3) is 0.235. The Kier molecular flexibility index (Phi) is 7.22. The Balaban J connectivity index is 3.50. The number of benzene rings is 1.